The van der Waals surface area contributed by atoms with E-state index in [9.17, 15) is 8.78 Å². The molecule has 0 bridgehead atoms. The van der Waals surface area contributed by atoms with Gasteiger partial charge in [-0.2, -0.15) is 0 Å². The van der Waals surface area contributed by atoms with E-state index in [0.717, 1.165) is 31.5 Å². The Hall–Kier alpha value is -1.12. The number of anilines is 1. The predicted octanol–water partition coefficient (Wildman–Crippen LogP) is 3.13. The van der Waals surface area contributed by atoms with Gasteiger partial charge in [0.15, 0.2) is 5.96 Å². The van der Waals surface area contributed by atoms with Crippen LogP contribution in [-0.2, 0) is 0 Å². The van der Waals surface area contributed by atoms with Gasteiger partial charge in [0.25, 0.3) is 0 Å². The van der Waals surface area contributed by atoms with E-state index in [1.807, 2.05) is 11.8 Å². The topological polar surface area (TPSA) is 39.7 Å². The Labute approximate surface area is 159 Å². The summed E-state index contributed by atoms with van der Waals surface area (Å²) in [7, 11) is 0. The van der Waals surface area contributed by atoms with Crippen LogP contribution in [0, 0.1) is 17.6 Å². The molecule has 0 amide bonds. The molecule has 0 radical (unpaired) electrons. The van der Waals surface area contributed by atoms with Crippen LogP contribution < -0.4 is 15.5 Å². The molecule has 1 saturated heterocycles. The van der Waals surface area contributed by atoms with E-state index < -0.39 is 11.6 Å². The van der Waals surface area contributed by atoms with Gasteiger partial charge in [0.2, 0.25) is 0 Å². The quantitative estimate of drug-likeness (QED) is 0.421. The molecule has 2 N–H and O–H groups in total. The van der Waals surface area contributed by atoms with Crippen molar-refractivity contribution in [1.82, 2.24) is 10.6 Å². The number of aliphatic imine (C=N–C) groups is 1. The van der Waals surface area contributed by atoms with Crippen molar-refractivity contribution in [2.75, 3.05) is 24.5 Å². The third kappa shape index (κ3) is 4.70. The van der Waals surface area contributed by atoms with Crippen molar-refractivity contribution < 1.29 is 8.78 Å². The molecule has 2 fully saturated rings. The fourth-order valence-electron chi connectivity index (χ4n) is 3.02. The minimum atomic E-state index is -0.541. The van der Waals surface area contributed by atoms with Gasteiger partial charge >= 0.3 is 0 Å². The lowest BCUT2D eigenvalue weighted by atomic mass is 10.2. The molecule has 1 aliphatic carbocycles. The van der Waals surface area contributed by atoms with Crippen LogP contribution in [0.25, 0.3) is 0 Å². The molecule has 3 rings (SSSR count). The first kappa shape index (κ1) is 19.2. The number of rotatable bonds is 4. The number of hydrogen-bond acceptors (Lipinski definition) is 2. The Balaban J connectivity index is 0.00000208. The van der Waals surface area contributed by atoms with E-state index in [-0.39, 0.29) is 30.0 Å². The second kappa shape index (κ2) is 8.31. The number of halogens is 3. The summed E-state index contributed by atoms with van der Waals surface area (Å²) in [5.74, 6) is 0.499. The van der Waals surface area contributed by atoms with Crippen molar-refractivity contribution >= 4 is 35.6 Å². The standard InChI is InChI=1S/C17H24F2N4.HI/c1-3-20-17(22-15-8-11(15)2)21-13-6-7-23(10-13)16-5-4-12(18)9-14(16)19;/h4-5,9,11,13,15H,3,6-8,10H2,1-2H3,(H2,20,21,22);1H. The number of nitrogens with one attached hydrogen (secondary N) is 2. The average molecular weight is 450 g/mol. The fraction of sp³-hybridized carbons (Fsp3) is 0.588. The van der Waals surface area contributed by atoms with Crippen molar-refractivity contribution in [3.05, 3.63) is 29.8 Å². The molecule has 134 valence electrons. The van der Waals surface area contributed by atoms with Crippen LogP contribution in [0.1, 0.15) is 26.7 Å². The zero-order valence-corrected chi connectivity index (χ0v) is 16.4. The van der Waals surface area contributed by atoms with Crippen LogP contribution in [-0.4, -0.2) is 37.7 Å². The Kier molecular flexibility index (Phi) is 6.65. The van der Waals surface area contributed by atoms with Crippen molar-refractivity contribution in [2.45, 2.75) is 38.8 Å². The van der Waals surface area contributed by atoms with Gasteiger partial charge in [-0.05, 0) is 37.8 Å². The molecule has 3 unspecified atom stereocenters. The van der Waals surface area contributed by atoms with Gasteiger partial charge in [-0.1, -0.05) is 6.92 Å². The lowest BCUT2D eigenvalue weighted by Gasteiger charge is -2.21. The lowest BCUT2D eigenvalue weighted by Crippen LogP contribution is -2.45. The van der Waals surface area contributed by atoms with Crippen LogP contribution in [0.4, 0.5) is 14.5 Å². The number of hydrogen-bond donors (Lipinski definition) is 2. The van der Waals surface area contributed by atoms with E-state index in [1.54, 1.807) is 0 Å². The van der Waals surface area contributed by atoms with Gasteiger partial charge in [0, 0.05) is 37.8 Å². The van der Waals surface area contributed by atoms with Crippen LogP contribution in [0.2, 0.25) is 0 Å². The van der Waals surface area contributed by atoms with Crippen LogP contribution in [0.5, 0.6) is 0 Å². The first-order valence-electron chi connectivity index (χ1n) is 8.34. The molecule has 1 aliphatic heterocycles. The maximum atomic E-state index is 13.9. The Morgan fingerprint density at radius 3 is 2.71 bits per heavy atom. The summed E-state index contributed by atoms with van der Waals surface area (Å²) < 4.78 is 26.9. The van der Waals surface area contributed by atoms with Gasteiger partial charge in [-0.15, -0.1) is 24.0 Å². The monoisotopic (exact) mass is 450 g/mol. The molecular formula is C17H25F2IN4. The van der Waals surface area contributed by atoms with Gasteiger partial charge in [0.1, 0.15) is 11.6 Å². The van der Waals surface area contributed by atoms with Crippen LogP contribution in [0.3, 0.4) is 0 Å². The molecule has 1 aromatic carbocycles. The maximum Gasteiger partial charge on any atom is 0.191 e. The Morgan fingerprint density at radius 2 is 2.08 bits per heavy atom. The van der Waals surface area contributed by atoms with E-state index in [0.29, 0.717) is 24.2 Å². The summed E-state index contributed by atoms with van der Waals surface area (Å²) in [6, 6.07) is 4.49. The van der Waals surface area contributed by atoms with Gasteiger partial charge < -0.3 is 15.5 Å². The summed E-state index contributed by atoms with van der Waals surface area (Å²) >= 11 is 0. The molecule has 7 heteroatoms. The molecule has 3 atom stereocenters. The summed E-state index contributed by atoms with van der Waals surface area (Å²) in [5, 5.41) is 6.88. The van der Waals surface area contributed by atoms with Crippen LogP contribution >= 0.6 is 24.0 Å². The smallest absolute Gasteiger partial charge is 0.191 e. The minimum Gasteiger partial charge on any atom is -0.367 e. The van der Waals surface area contributed by atoms with Gasteiger partial charge in [0.05, 0.1) is 5.69 Å². The first-order valence-corrected chi connectivity index (χ1v) is 8.34. The molecule has 1 saturated carbocycles. The zero-order chi connectivity index (χ0) is 16.4. The van der Waals surface area contributed by atoms with Crippen LogP contribution in [0.15, 0.2) is 23.2 Å². The number of benzene rings is 1. The van der Waals surface area contributed by atoms with Crippen molar-refractivity contribution in [3.63, 3.8) is 0 Å². The lowest BCUT2D eigenvalue weighted by molar-refractivity contribution is 0.580. The number of nitrogens with zero attached hydrogens (tertiary/aromatic N) is 2. The second-order valence-electron chi connectivity index (χ2n) is 6.46. The maximum absolute atomic E-state index is 13.9. The summed E-state index contributed by atoms with van der Waals surface area (Å²) in [4.78, 5) is 6.44. The number of guanidine groups is 1. The highest BCUT2D eigenvalue weighted by Gasteiger charge is 2.34. The van der Waals surface area contributed by atoms with E-state index in [2.05, 4.69) is 22.5 Å². The normalized spacial score (nSPS) is 26.1. The summed E-state index contributed by atoms with van der Waals surface area (Å²) in [5.41, 5.74) is 0.466. The minimum absolute atomic E-state index is 0. The SMILES string of the molecule is CCN=C(NC1CCN(c2ccc(F)cc2F)C1)NC1CC1C.I. The predicted molar refractivity (Wildman–Crippen MR) is 104 cm³/mol. The Morgan fingerprint density at radius 1 is 1.33 bits per heavy atom. The highest BCUT2D eigenvalue weighted by molar-refractivity contribution is 14.0. The fourth-order valence-corrected chi connectivity index (χ4v) is 3.02. The van der Waals surface area contributed by atoms with Crippen molar-refractivity contribution in [3.8, 4) is 0 Å². The third-order valence-corrected chi connectivity index (χ3v) is 4.53. The Bertz CT molecular complexity index is 596. The third-order valence-electron chi connectivity index (χ3n) is 4.53. The van der Waals surface area contributed by atoms with E-state index in [1.165, 1.54) is 18.6 Å². The zero-order valence-electron chi connectivity index (χ0n) is 14.1. The molecule has 1 heterocycles. The molecule has 2 aliphatic rings. The summed E-state index contributed by atoms with van der Waals surface area (Å²) in [6.07, 6.45) is 2.09. The second-order valence-corrected chi connectivity index (χ2v) is 6.46. The first-order chi connectivity index (χ1) is 11.1. The van der Waals surface area contributed by atoms with E-state index >= 15 is 0 Å². The molecule has 24 heavy (non-hydrogen) atoms. The molecule has 4 nitrogen and oxygen atoms in total. The summed E-state index contributed by atoms with van der Waals surface area (Å²) in [6.45, 7) is 6.39. The van der Waals surface area contributed by atoms with Gasteiger partial charge in [-0.25, -0.2) is 8.78 Å². The highest BCUT2D eigenvalue weighted by atomic mass is 127. The average Bonchev–Trinajstić information content (AvgIpc) is 2.99. The highest BCUT2D eigenvalue weighted by Crippen LogP contribution is 2.29. The van der Waals surface area contributed by atoms with E-state index in [4.69, 9.17) is 0 Å². The van der Waals surface area contributed by atoms with Gasteiger partial charge in [-0.3, -0.25) is 4.99 Å². The molecule has 1 aromatic rings. The van der Waals surface area contributed by atoms with Crippen molar-refractivity contribution in [2.24, 2.45) is 10.9 Å². The molecular weight excluding hydrogens is 425 g/mol. The largest absolute Gasteiger partial charge is 0.367 e. The molecule has 0 aromatic heterocycles. The van der Waals surface area contributed by atoms with Crippen molar-refractivity contribution in [1.29, 1.82) is 0 Å². The molecule has 0 spiro atoms.